The topological polar surface area (TPSA) is 88.8 Å². The zero-order chi connectivity index (χ0) is 26.1. The number of piperidine rings is 1. The molecular formula is C29H38N2O5. The molecule has 2 fully saturated rings. The van der Waals surface area contributed by atoms with Gasteiger partial charge in [-0.15, -0.1) is 13.2 Å². The van der Waals surface area contributed by atoms with Crippen LogP contribution in [0.2, 0.25) is 0 Å². The summed E-state index contributed by atoms with van der Waals surface area (Å²) in [6, 6.07) is 8.45. The molecule has 2 aromatic rings. The van der Waals surface area contributed by atoms with Gasteiger partial charge in [0.15, 0.2) is 11.6 Å². The van der Waals surface area contributed by atoms with Crippen LogP contribution in [0.5, 0.6) is 0 Å². The summed E-state index contributed by atoms with van der Waals surface area (Å²) in [6.07, 6.45) is 7.30. The summed E-state index contributed by atoms with van der Waals surface area (Å²) in [5, 5.41) is 12.9. The molecule has 6 rings (SSSR count). The highest BCUT2D eigenvalue weighted by Crippen LogP contribution is 2.60. The van der Waals surface area contributed by atoms with Crippen LogP contribution in [0.4, 0.5) is 0 Å². The molecule has 0 spiro atoms. The number of fused-ring (bicyclic) bond motifs is 3. The van der Waals surface area contributed by atoms with Crippen molar-refractivity contribution >= 4 is 28.4 Å². The van der Waals surface area contributed by atoms with Gasteiger partial charge in [-0.2, -0.15) is 0 Å². The van der Waals surface area contributed by atoms with E-state index in [2.05, 4.69) is 31.0 Å². The highest BCUT2D eigenvalue weighted by Gasteiger charge is 2.60. The van der Waals surface area contributed by atoms with Crippen molar-refractivity contribution in [3.63, 3.8) is 0 Å². The molecule has 1 aromatic carbocycles. The third-order valence-electron chi connectivity index (χ3n) is 8.55. The number of rotatable bonds is 2. The molecule has 0 unspecified atom stereocenters. The second-order valence-corrected chi connectivity index (χ2v) is 10.3. The first kappa shape index (κ1) is 26.3. The lowest BCUT2D eigenvalue weighted by atomic mass is 9.62. The smallest absolute Gasteiger partial charge is 0.359 e. The lowest BCUT2D eigenvalue weighted by Gasteiger charge is -2.57. The van der Waals surface area contributed by atoms with Crippen LogP contribution >= 0.6 is 0 Å². The van der Waals surface area contributed by atoms with Crippen LogP contribution in [0.25, 0.3) is 10.9 Å². The first-order valence-electron chi connectivity index (χ1n) is 13.1. The van der Waals surface area contributed by atoms with Crippen molar-refractivity contribution < 1.29 is 24.2 Å². The Balaban J connectivity index is 0.000000259. The number of carbonyl (C=O) groups excluding carboxylic acids is 3. The fourth-order valence-electron chi connectivity index (χ4n) is 6.95. The average Bonchev–Trinajstić information content (AvgIpc) is 3.27. The van der Waals surface area contributed by atoms with Crippen LogP contribution in [0.15, 0.2) is 37.4 Å². The Morgan fingerprint density at radius 2 is 1.75 bits per heavy atom. The van der Waals surface area contributed by atoms with Gasteiger partial charge in [-0.1, -0.05) is 25.1 Å². The van der Waals surface area contributed by atoms with Crippen molar-refractivity contribution in [1.82, 2.24) is 9.47 Å². The molecule has 0 radical (unpaired) electrons. The molecule has 1 N–H and O–H groups in total. The lowest BCUT2D eigenvalue weighted by molar-refractivity contribution is -0.194. The second kappa shape index (κ2) is 10.3. The quantitative estimate of drug-likeness (QED) is 0.377. The van der Waals surface area contributed by atoms with Gasteiger partial charge in [-0.25, -0.2) is 4.79 Å². The molecule has 1 aromatic heterocycles. The highest BCUT2D eigenvalue weighted by atomic mass is 16.5. The Hall–Kier alpha value is -2.77. The number of esters is 1. The molecular weight excluding hydrogens is 456 g/mol. The van der Waals surface area contributed by atoms with Crippen molar-refractivity contribution in [1.29, 1.82) is 0 Å². The number of Topliss-reactive ketones (excluding diaryl/α,β-unsaturated/α-hetero) is 2. The molecule has 3 atom stereocenters. The SMILES string of the molecule is C=C.CC[C@]12CCCN3CCc4c(n(c5ccccc45)[C@@](O)(C(=O)OC)C1)[C@@H]32.O=C1CCCCC1=O. The van der Waals surface area contributed by atoms with E-state index in [1.165, 1.54) is 18.1 Å². The number of aliphatic hydroxyl groups is 1. The van der Waals surface area contributed by atoms with Gasteiger partial charge >= 0.3 is 5.97 Å². The van der Waals surface area contributed by atoms with E-state index in [0.717, 1.165) is 62.8 Å². The number of hydrogen-bond acceptors (Lipinski definition) is 6. The summed E-state index contributed by atoms with van der Waals surface area (Å²) >= 11 is 0. The van der Waals surface area contributed by atoms with Crippen molar-refractivity contribution in [3.05, 3.63) is 48.7 Å². The highest BCUT2D eigenvalue weighted by molar-refractivity contribution is 6.37. The third kappa shape index (κ3) is 4.02. The largest absolute Gasteiger partial charge is 0.465 e. The number of nitrogens with zero attached hydrogens (tertiary/aromatic N) is 2. The van der Waals surface area contributed by atoms with E-state index in [-0.39, 0.29) is 23.0 Å². The Bertz CT molecular complexity index is 1150. The fourth-order valence-corrected chi connectivity index (χ4v) is 6.95. The van der Waals surface area contributed by atoms with Crippen LogP contribution < -0.4 is 0 Å². The van der Waals surface area contributed by atoms with Crippen LogP contribution in [-0.4, -0.2) is 52.3 Å². The molecule has 4 heterocycles. The van der Waals surface area contributed by atoms with Gasteiger partial charge in [-0.05, 0) is 62.1 Å². The summed E-state index contributed by atoms with van der Waals surface area (Å²) in [7, 11) is 1.37. The molecule has 7 nitrogen and oxygen atoms in total. The van der Waals surface area contributed by atoms with E-state index in [0.29, 0.717) is 19.3 Å². The molecule has 4 aliphatic rings. The molecule has 36 heavy (non-hydrogen) atoms. The summed E-state index contributed by atoms with van der Waals surface area (Å²) in [4.78, 5) is 36.3. The Kier molecular flexibility index (Phi) is 7.53. The van der Waals surface area contributed by atoms with Gasteiger partial charge in [0.05, 0.1) is 18.7 Å². The van der Waals surface area contributed by atoms with E-state index < -0.39 is 11.7 Å². The minimum absolute atomic E-state index is 0.0826. The van der Waals surface area contributed by atoms with Crippen LogP contribution in [0.3, 0.4) is 0 Å². The minimum atomic E-state index is -1.63. The first-order chi connectivity index (χ1) is 17.4. The van der Waals surface area contributed by atoms with E-state index in [1.807, 2.05) is 22.8 Å². The van der Waals surface area contributed by atoms with E-state index >= 15 is 0 Å². The normalized spacial score (nSPS) is 28.8. The Morgan fingerprint density at radius 1 is 1.08 bits per heavy atom. The van der Waals surface area contributed by atoms with Crippen LogP contribution in [-0.2, 0) is 31.3 Å². The zero-order valence-electron chi connectivity index (χ0n) is 21.6. The number of carbonyl (C=O) groups is 3. The van der Waals surface area contributed by atoms with Gasteiger partial charge in [-0.3, -0.25) is 14.5 Å². The molecule has 194 valence electrons. The van der Waals surface area contributed by atoms with Gasteiger partial charge < -0.3 is 14.4 Å². The molecule has 3 aliphatic heterocycles. The molecule has 0 bridgehead atoms. The standard InChI is InChI=1S/C21H26N2O3.C6H8O2.C2H4/c1-3-20-10-6-11-22-12-9-15-14-7-4-5-8-16(14)23(17(15)18(20)22)21(25,13-20)19(24)26-2;7-5-3-1-2-4-6(5)8;1-2/h4-5,7-8,18,25H,3,6,9-13H2,1-2H3;1-4H2;1-2H2/t18-,20+,21+;;/m1../s1. The fraction of sp³-hybridized carbons (Fsp3) is 0.552. The van der Waals surface area contributed by atoms with Crippen LogP contribution in [0.1, 0.15) is 75.6 Å². The summed E-state index contributed by atoms with van der Waals surface area (Å²) < 4.78 is 7.01. The number of para-hydroxylation sites is 1. The molecule has 1 saturated heterocycles. The van der Waals surface area contributed by atoms with E-state index in [9.17, 15) is 19.5 Å². The van der Waals surface area contributed by atoms with Crippen molar-refractivity contribution in [3.8, 4) is 0 Å². The molecule has 1 saturated carbocycles. The number of ether oxygens (including phenoxy) is 1. The maximum Gasteiger partial charge on any atom is 0.359 e. The number of benzene rings is 1. The lowest BCUT2D eigenvalue weighted by Crippen LogP contribution is -2.60. The van der Waals surface area contributed by atoms with Crippen molar-refractivity contribution in [2.45, 2.75) is 76.5 Å². The van der Waals surface area contributed by atoms with Crippen molar-refractivity contribution in [2.24, 2.45) is 5.41 Å². The number of hydrogen-bond donors (Lipinski definition) is 1. The predicted octanol–water partition coefficient (Wildman–Crippen LogP) is 4.45. The summed E-state index contributed by atoms with van der Waals surface area (Å²) in [6.45, 7) is 10.4. The summed E-state index contributed by atoms with van der Waals surface area (Å²) in [5.41, 5.74) is 1.69. The molecule has 1 aliphatic carbocycles. The van der Waals surface area contributed by atoms with E-state index in [4.69, 9.17) is 4.74 Å². The first-order valence-corrected chi connectivity index (χ1v) is 13.1. The van der Waals surface area contributed by atoms with Gasteiger partial charge in [0.2, 0.25) is 5.72 Å². The van der Waals surface area contributed by atoms with E-state index in [1.54, 1.807) is 0 Å². The number of aromatic nitrogens is 1. The summed E-state index contributed by atoms with van der Waals surface area (Å²) in [5.74, 6) is -0.887. The van der Waals surface area contributed by atoms with Gasteiger partial charge in [0, 0.05) is 36.9 Å². The minimum Gasteiger partial charge on any atom is -0.465 e. The third-order valence-corrected chi connectivity index (χ3v) is 8.55. The van der Waals surface area contributed by atoms with Crippen molar-refractivity contribution in [2.75, 3.05) is 20.2 Å². The second-order valence-electron chi connectivity index (χ2n) is 10.3. The Morgan fingerprint density at radius 3 is 2.36 bits per heavy atom. The van der Waals surface area contributed by atoms with Crippen LogP contribution in [0, 0.1) is 5.41 Å². The zero-order valence-corrected chi connectivity index (χ0v) is 21.6. The maximum absolute atomic E-state index is 12.8. The average molecular weight is 495 g/mol. The predicted molar refractivity (Wildman–Crippen MR) is 138 cm³/mol. The monoisotopic (exact) mass is 494 g/mol. The maximum atomic E-state index is 12.8. The number of methoxy groups -OCH3 is 1. The van der Waals surface area contributed by atoms with Gasteiger partial charge in [0.1, 0.15) is 0 Å². The Labute approximate surface area is 213 Å². The van der Waals surface area contributed by atoms with Gasteiger partial charge in [0.25, 0.3) is 0 Å². The number of ketones is 2. The molecule has 7 heteroatoms. The molecule has 0 amide bonds.